The topological polar surface area (TPSA) is 63.3 Å². The van der Waals surface area contributed by atoms with E-state index in [0.29, 0.717) is 0 Å². The van der Waals surface area contributed by atoms with Crippen LogP contribution in [0.15, 0.2) is 0 Å². The lowest BCUT2D eigenvalue weighted by molar-refractivity contribution is -0.142. The van der Waals surface area contributed by atoms with Crippen LogP contribution in [0.2, 0.25) is 0 Å². The number of nitrogens with two attached hydrogens (primary N) is 1. The highest BCUT2D eigenvalue weighted by atomic mass is 16.4. The molecule has 0 aromatic carbocycles. The van der Waals surface area contributed by atoms with Crippen LogP contribution in [0.5, 0.6) is 0 Å². The molecule has 0 radical (unpaired) electrons. The van der Waals surface area contributed by atoms with E-state index in [1.165, 1.54) is 83.5 Å². The maximum Gasteiger partial charge on any atom is 0.306 e. The number of carbonyl (C=O) groups is 1. The van der Waals surface area contributed by atoms with E-state index >= 15 is 0 Å². The number of carboxylic acids is 1. The van der Waals surface area contributed by atoms with Gasteiger partial charge < -0.3 is 10.8 Å². The van der Waals surface area contributed by atoms with Crippen LogP contribution in [-0.2, 0) is 4.79 Å². The summed E-state index contributed by atoms with van der Waals surface area (Å²) in [5.74, 6) is -0.739. The fourth-order valence-electron chi connectivity index (χ4n) is 3.16. The minimum atomic E-state index is -0.619. The van der Waals surface area contributed by atoms with Crippen molar-refractivity contribution in [3.05, 3.63) is 0 Å². The molecule has 0 saturated heterocycles. The Balaban J connectivity index is 3.12. The molecule has 0 heterocycles. The van der Waals surface area contributed by atoms with Gasteiger partial charge >= 0.3 is 5.97 Å². The summed E-state index contributed by atoms with van der Waals surface area (Å²) in [5.41, 5.74) is 5.48. The van der Waals surface area contributed by atoms with E-state index in [1.807, 2.05) is 6.92 Å². The molecule has 23 heavy (non-hydrogen) atoms. The third-order valence-electron chi connectivity index (χ3n) is 4.85. The minimum Gasteiger partial charge on any atom is -0.481 e. The SMILES string of the molecule is CCC(CCCCCCCCCCCCCCCCN)C(=O)O. The fraction of sp³-hybridized carbons (Fsp3) is 0.950. The highest BCUT2D eigenvalue weighted by molar-refractivity contribution is 5.69. The molecule has 3 heteroatoms. The van der Waals surface area contributed by atoms with Gasteiger partial charge in [0.2, 0.25) is 0 Å². The Hall–Kier alpha value is -0.570. The van der Waals surface area contributed by atoms with Crippen molar-refractivity contribution in [3.63, 3.8) is 0 Å². The molecule has 0 rings (SSSR count). The van der Waals surface area contributed by atoms with E-state index in [-0.39, 0.29) is 5.92 Å². The molecular weight excluding hydrogens is 286 g/mol. The van der Waals surface area contributed by atoms with Crippen LogP contribution < -0.4 is 5.73 Å². The van der Waals surface area contributed by atoms with Gasteiger partial charge in [0.15, 0.2) is 0 Å². The zero-order chi connectivity index (χ0) is 17.2. The van der Waals surface area contributed by atoms with Gasteiger partial charge in [-0.2, -0.15) is 0 Å². The van der Waals surface area contributed by atoms with Gasteiger partial charge in [0.05, 0.1) is 5.92 Å². The lowest BCUT2D eigenvalue weighted by atomic mass is 9.98. The van der Waals surface area contributed by atoms with E-state index < -0.39 is 5.97 Å². The molecule has 0 saturated carbocycles. The van der Waals surface area contributed by atoms with Crippen molar-refractivity contribution in [2.24, 2.45) is 11.7 Å². The third-order valence-corrected chi connectivity index (χ3v) is 4.85. The Morgan fingerprint density at radius 3 is 1.39 bits per heavy atom. The van der Waals surface area contributed by atoms with Crippen molar-refractivity contribution >= 4 is 5.97 Å². The van der Waals surface area contributed by atoms with Crippen molar-refractivity contribution in [1.82, 2.24) is 0 Å². The Morgan fingerprint density at radius 1 is 0.739 bits per heavy atom. The van der Waals surface area contributed by atoms with Crippen molar-refractivity contribution in [1.29, 1.82) is 0 Å². The average molecular weight is 328 g/mol. The number of rotatable bonds is 18. The summed E-state index contributed by atoms with van der Waals surface area (Å²) in [4.78, 5) is 10.9. The van der Waals surface area contributed by atoms with Crippen LogP contribution >= 0.6 is 0 Å². The van der Waals surface area contributed by atoms with Crippen LogP contribution in [0.25, 0.3) is 0 Å². The summed E-state index contributed by atoms with van der Waals surface area (Å²) in [6.07, 6.45) is 20.1. The van der Waals surface area contributed by atoms with Gasteiger partial charge in [0.1, 0.15) is 0 Å². The molecule has 3 nitrogen and oxygen atoms in total. The average Bonchev–Trinajstić information content (AvgIpc) is 2.54. The first-order chi connectivity index (χ1) is 11.2. The smallest absolute Gasteiger partial charge is 0.306 e. The lowest BCUT2D eigenvalue weighted by Crippen LogP contribution is -2.12. The molecule has 0 spiro atoms. The molecule has 0 amide bonds. The van der Waals surface area contributed by atoms with Gasteiger partial charge in [0.25, 0.3) is 0 Å². The molecule has 0 fully saturated rings. The third kappa shape index (κ3) is 16.1. The summed E-state index contributed by atoms with van der Waals surface area (Å²) in [6.45, 7) is 2.82. The second-order valence-electron chi connectivity index (χ2n) is 6.97. The normalized spacial score (nSPS) is 12.4. The highest BCUT2D eigenvalue weighted by Crippen LogP contribution is 2.16. The quantitative estimate of drug-likeness (QED) is 0.308. The molecule has 0 aliphatic rings. The largest absolute Gasteiger partial charge is 0.481 e. The molecule has 0 aromatic rings. The van der Waals surface area contributed by atoms with Gasteiger partial charge in [-0.05, 0) is 25.8 Å². The molecule has 0 aromatic heterocycles. The summed E-state index contributed by atoms with van der Waals surface area (Å²) in [7, 11) is 0. The second-order valence-corrected chi connectivity index (χ2v) is 6.97. The zero-order valence-corrected chi connectivity index (χ0v) is 15.5. The number of carboxylic acid groups (broad SMARTS) is 1. The first kappa shape index (κ1) is 22.4. The van der Waals surface area contributed by atoms with Crippen molar-refractivity contribution in [3.8, 4) is 0 Å². The zero-order valence-electron chi connectivity index (χ0n) is 15.5. The molecular formula is C20H41NO2. The van der Waals surface area contributed by atoms with Crippen LogP contribution in [0.4, 0.5) is 0 Å². The van der Waals surface area contributed by atoms with Gasteiger partial charge in [-0.3, -0.25) is 4.79 Å². The maximum atomic E-state index is 10.9. The Morgan fingerprint density at radius 2 is 1.09 bits per heavy atom. The Bertz CT molecular complexity index is 256. The molecule has 0 aliphatic carbocycles. The van der Waals surface area contributed by atoms with Crippen molar-refractivity contribution in [2.75, 3.05) is 6.54 Å². The number of hydrogen-bond donors (Lipinski definition) is 2. The maximum absolute atomic E-state index is 10.9. The number of hydrogen-bond acceptors (Lipinski definition) is 2. The van der Waals surface area contributed by atoms with Crippen LogP contribution in [-0.4, -0.2) is 17.6 Å². The first-order valence-electron chi connectivity index (χ1n) is 10.1. The van der Waals surface area contributed by atoms with Gasteiger partial charge in [-0.25, -0.2) is 0 Å². The van der Waals surface area contributed by atoms with Crippen LogP contribution in [0.1, 0.15) is 110 Å². The first-order valence-corrected chi connectivity index (χ1v) is 10.1. The Labute approximate surface area is 144 Å². The van der Waals surface area contributed by atoms with Gasteiger partial charge in [-0.1, -0.05) is 90.4 Å². The van der Waals surface area contributed by atoms with E-state index in [9.17, 15) is 4.79 Å². The van der Waals surface area contributed by atoms with Crippen molar-refractivity contribution < 1.29 is 9.90 Å². The highest BCUT2D eigenvalue weighted by Gasteiger charge is 2.13. The van der Waals surface area contributed by atoms with Crippen LogP contribution in [0.3, 0.4) is 0 Å². The monoisotopic (exact) mass is 327 g/mol. The van der Waals surface area contributed by atoms with Gasteiger partial charge in [-0.15, -0.1) is 0 Å². The molecule has 0 aliphatic heterocycles. The number of aliphatic carboxylic acids is 1. The summed E-state index contributed by atoms with van der Waals surface area (Å²) < 4.78 is 0. The van der Waals surface area contributed by atoms with Crippen LogP contribution in [0, 0.1) is 5.92 Å². The summed E-state index contributed by atoms with van der Waals surface area (Å²) in [6, 6.07) is 0. The number of unbranched alkanes of at least 4 members (excludes halogenated alkanes) is 13. The molecule has 0 bridgehead atoms. The lowest BCUT2D eigenvalue weighted by Gasteiger charge is -2.08. The predicted octanol–water partition coefficient (Wildman–Crippen LogP) is 5.91. The van der Waals surface area contributed by atoms with Gasteiger partial charge in [0, 0.05) is 0 Å². The Kier molecular flexibility index (Phi) is 17.3. The summed E-state index contributed by atoms with van der Waals surface area (Å²) in [5, 5.41) is 8.98. The minimum absolute atomic E-state index is 0.120. The van der Waals surface area contributed by atoms with E-state index in [0.717, 1.165) is 25.8 Å². The second kappa shape index (κ2) is 17.8. The van der Waals surface area contributed by atoms with E-state index in [1.54, 1.807) is 0 Å². The standard InChI is InChI=1S/C20H41NO2/c1-2-19(20(22)23)17-15-13-11-9-7-5-3-4-6-8-10-12-14-16-18-21/h19H,2-18,21H2,1H3,(H,22,23). The fourth-order valence-corrected chi connectivity index (χ4v) is 3.16. The van der Waals surface area contributed by atoms with E-state index in [4.69, 9.17) is 10.8 Å². The van der Waals surface area contributed by atoms with Crippen molar-refractivity contribution in [2.45, 2.75) is 110 Å². The van der Waals surface area contributed by atoms with E-state index in [2.05, 4.69) is 0 Å². The molecule has 3 N–H and O–H groups in total. The predicted molar refractivity (Wildman–Crippen MR) is 99.7 cm³/mol. The molecule has 1 atom stereocenters. The molecule has 138 valence electrons. The molecule has 1 unspecified atom stereocenters. The summed E-state index contributed by atoms with van der Waals surface area (Å²) >= 11 is 0.